The summed E-state index contributed by atoms with van der Waals surface area (Å²) < 4.78 is 18.7. The van der Waals surface area contributed by atoms with Crippen LogP contribution in [0, 0.1) is 5.82 Å². The van der Waals surface area contributed by atoms with Crippen molar-refractivity contribution in [3.05, 3.63) is 29.6 Å². The second-order valence-corrected chi connectivity index (χ2v) is 6.12. The third-order valence-corrected chi connectivity index (χ3v) is 3.28. The zero-order chi connectivity index (χ0) is 14.9. The van der Waals surface area contributed by atoms with Gasteiger partial charge in [-0.15, -0.1) is 0 Å². The van der Waals surface area contributed by atoms with E-state index in [4.69, 9.17) is 4.74 Å². The largest absolute Gasteiger partial charge is 0.505 e. The van der Waals surface area contributed by atoms with Crippen molar-refractivity contribution in [3.63, 3.8) is 0 Å². The van der Waals surface area contributed by atoms with Gasteiger partial charge in [-0.05, 0) is 44.9 Å². The van der Waals surface area contributed by atoms with Crippen molar-refractivity contribution >= 4 is 6.09 Å². The van der Waals surface area contributed by atoms with Crippen LogP contribution in [0.5, 0.6) is 5.75 Å². The van der Waals surface area contributed by atoms with Gasteiger partial charge in [0.25, 0.3) is 0 Å². The Morgan fingerprint density at radius 3 is 2.75 bits per heavy atom. The van der Waals surface area contributed by atoms with Crippen LogP contribution in [0.3, 0.4) is 0 Å². The van der Waals surface area contributed by atoms with Crippen LogP contribution in [0.4, 0.5) is 9.18 Å². The molecule has 0 saturated carbocycles. The highest BCUT2D eigenvalue weighted by Gasteiger charge is 2.30. The van der Waals surface area contributed by atoms with Crippen molar-refractivity contribution in [1.29, 1.82) is 0 Å². The molecule has 1 fully saturated rings. The Hall–Kier alpha value is -1.78. The van der Waals surface area contributed by atoms with E-state index >= 15 is 0 Å². The summed E-state index contributed by atoms with van der Waals surface area (Å²) in [4.78, 5) is 13.6. The maximum atomic E-state index is 13.4. The smallest absolute Gasteiger partial charge is 0.410 e. The van der Waals surface area contributed by atoms with Gasteiger partial charge >= 0.3 is 6.09 Å². The molecule has 0 radical (unpaired) electrons. The lowest BCUT2D eigenvalue weighted by Crippen LogP contribution is -2.35. The molecule has 5 heteroatoms. The summed E-state index contributed by atoms with van der Waals surface area (Å²) >= 11 is 0. The van der Waals surface area contributed by atoms with Crippen molar-refractivity contribution in [1.82, 2.24) is 4.90 Å². The minimum atomic E-state index is -0.627. The van der Waals surface area contributed by atoms with E-state index in [-0.39, 0.29) is 17.8 Å². The number of hydrogen-bond donors (Lipinski definition) is 1. The summed E-state index contributed by atoms with van der Waals surface area (Å²) in [6, 6.07) is 4.38. The minimum absolute atomic E-state index is 0.0811. The first-order valence-electron chi connectivity index (χ1n) is 6.72. The van der Waals surface area contributed by atoms with Gasteiger partial charge < -0.3 is 14.7 Å². The van der Waals surface area contributed by atoms with Crippen LogP contribution in [0.25, 0.3) is 0 Å². The lowest BCUT2D eigenvalue weighted by Gasteiger charge is -2.24. The molecule has 2 rings (SSSR count). The lowest BCUT2D eigenvalue weighted by atomic mass is 9.98. The monoisotopic (exact) mass is 281 g/mol. The molecule has 1 N–H and O–H groups in total. The standard InChI is InChI=1S/C15H20FNO3/c1-15(2,3)20-14(19)17-7-6-11(9-17)10-4-5-13(18)12(16)8-10/h4-5,8,11,18H,6-7,9H2,1-3H3. The molecular weight excluding hydrogens is 261 g/mol. The van der Waals surface area contributed by atoms with E-state index in [1.165, 1.54) is 12.1 Å². The molecule has 1 heterocycles. The third kappa shape index (κ3) is 3.40. The predicted octanol–water partition coefficient (Wildman–Crippen LogP) is 3.26. The Kier molecular flexibility index (Phi) is 3.88. The highest BCUT2D eigenvalue weighted by molar-refractivity contribution is 5.68. The quantitative estimate of drug-likeness (QED) is 0.859. The zero-order valence-electron chi connectivity index (χ0n) is 12.0. The summed E-state index contributed by atoms with van der Waals surface area (Å²) in [7, 11) is 0. The number of carbonyl (C=O) groups excluding carboxylic acids is 1. The van der Waals surface area contributed by atoms with Crippen molar-refractivity contribution in [2.75, 3.05) is 13.1 Å². The van der Waals surface area contributed by atoms with Crippen LogP contribution in [0.15, 0.2) is 18.2 Å². The van der Waals surface area contributed by atoms with Gasteiger partial charge in [-0.1, -0.05) is 6.07 Å². The van der Waals surface area contributed by atoms with Gasteiger partial charge in [-0.2, -0.15) is 0 Å². The number of benzene rings is 1. The van der Waals surface area contributed by atoms with Gasteiger partial charge in [0.05, 0.1) is 0 Å². The lowest BCUT2D eigenvalue weighted by molar-refractivity contribution is 0.0292. The maximum absolute atomic E-state index is 13.4. The van der Waals surface area contributed by atoms with Gasteiger partial charge in [-0.3, -0.25) is 0 Å². The molecule has 0 aliphatic carbocycles. The number of ether oxygens (including phenoxy) is 1. The normalized spacial score (nSPS) is 19.2. The Morgan fingerprint density at radius 2 is 2.15 bits per heavy atom. The van der Waals surface area contributed by atoms with Gasteiger partial charge in [0.2, 0.25) is 0 Å². The summed E-state index contributed by atoms with van der Waals surface area (Å²) in [5, 5.41) is 9.19. The first-order chi connectivity index (χ1) is 9.26. The van der Waals surface area contributed by atoms with Crippen LogP contribution in [0.2, 0.25) is 0 Å². The molecule has 1 aromatic rings. The number of likely N-dealkylation sites (tertiary alicyclic amines) is 1. The third-order valence-electron chi connectivity index (χ3n) is 3.28. The van der Waals surface area contributed by atoms with Crippen LogP contribution in [-0.2, 0) is 4.74 Å². The summed E-state index contributed by atoms with van der Waals surface area (Å²) in [6.07, 6.45) is 0.433. The van der Waals surface area contributed by atoms with Crippen LogP contribution in [0.1, 0.15) is 38.7 Å². The molecule has 110 valence electrons. The average molecular weight is 281 g/mol. The summed E-state index contributed by atoms with van der Waals surface area (Å²) in [5.74, 6) is -0.897. The molecule has 1 aromatic carbocycles. The molecule has 1 saturated heterocycles. The van der Waals surface area contributed by atoms with Gasteiger partial charge in [-0.25, -0.2) is 9.18 Å². The molecule has 1 aliphatic rings. The second-order valence-electron chi connectivity index (χ2n) is 6.12. The fourth-order valence-corrected chi connectivity index (χ4v) is 2.30. The number of hydrogen-bond acceptors (Lipinski definition) is 3. The fraction of sp³-hybridized carbons (Fsp3) is 0.533. The average Bonchev–Trinajstić information content (AvgIpc) is 2.80. The Balaban J connectivity index is 2.01. The van der Waals surface area contributed by atoms with E-state index in [2.05, 4.69) is 0 Å². The van der Waals surface area contributed by atoms with E-state index in [9.17, 15) is 14.3 Å². The first kappa shape index (κ1) is 14.6. The molecule has 1 atom stereocenters. The topological polar surface area (TPSA) is 49.8 Å². The van der Waals surface area contributed by atoms with E-state index in [0.717, 1.165) is 12.0 Å². The van der Waals surface area contributed by atoms with Crippen LogP contribution in [-0.4, -0.2) is 34.8 Å². The number of phenols is 1. The molecule has 1 aliphatic heterocycles. The highest BCUT2D eigenvalue weighted by Crippen LogP contribution is 2.30. The van der Waals surface area contributed by atoms with Crippen LogP contribution >= 0.6 is 0 Å². The number of halogens is 1. The number of phenolic OH excluding ortho intramolecular Hbond substituents is 1. The molecule has 0 spiro atoms. The molecular formula is C15H20FNO3. The predicted molar refractivity (Wildman–Crippen MR) is 73.2 cm³/mol. The summed E-state index contributed by atoms with van der Waals surface area (Å²) in [6.45, 7) is 6.59. The van der Waals surface area contributed by atoms with E-state index in [1.807, 2.05) is 20.8 Å². The SMILES string of the molecule is CC(C)(C)OC(=O)N1CCC(c2ccc(O)c(F)c2)C1. The Morgan fingerprint density at radius 1 is 1.45 bits per heavy atom. The van der Waals surface area contributed by atoms with Gasteiger partial charge in [0.15, 0.2) is 11.6 Å². The van der Waals surface area contributed by atoms with E-state index < -0.39 is 11.4 Å². The van der Waals surface area contributed by atoms with Crippen molar-refractivity contribution in [2.24, 2.45) is 0 Å². The van der Waals surface area contributed by atoms with Gasteiger partial charge in [0, 0.05) is 19.0 Å². The van der Waals surface area contributed by atoms with Crippen molar-refractivity contribution in [2.45, 2.75) is 38.7 Å². The first-order valence-corrected chi connectivity index (χ1v) is 6.72. The molecule has 1 unspecified atom stereocenters. The van der Waals surface area contributed by atoms with E-state index in [0.29, 0.717) is 13.1 Å². The van der Waals surface area contributed by atoms with Crippen molar-refractivity contribution < 1.29 is 19.0 Å². The summed E-state index contributed by atoms with van der Waals surface area (Å²) in [5.41, 5.74) is 0.283. The number of nitrogens with zero attached hydrogens (tertiary/aromatic N) is 1. The highest BCUT2D eigenvalue weighted by atomic mass is 19.1. The fourth-order valence-electron chi connectivity index (χ4n) is 2.30. The number of aromatic hydroxyl groups is 1. The maximum Gasteiger partial charge on any atom is 0.410 e. The Labute approximate surface area is 118 Å². The molecule has 1 amide bonds. The second kappa shape index (κ2) is 5.31. The number of rotatable bonds is 1. The van der Waals surface area contributed by atoms with Gasteiger partial charge in [0.1, 0.15) is 5.60 Å². The molecule has 20 heavy (non-hydrogen) atoms. The minimum Gasteiger partial charge on any atom is -0.505 e. The zero-order valence-corrected chi connectivity index (χ0v) is 12.0. The molecule has 4 nitrogen and oxygen atoms in total. The van der Waals surface area contributed by atoms with E-state index in [1.54, 1.807) is 11.0 Å². The molecule has 0 bridgehead atoms. The Bertz CT molecular complexity index is 510. The number of amides is 1. The number of carbonyl (C=O) groups is 1. The van der Waals surface area contributed by atoms with Crippen LogP contribution < -0.4 is 0 Å². The van der Waals surface area contributed by atoms with Crippen molar-refractivity contribution in [3.8, 4) is 5.75 Å². The molecule has 0 aromatic heterocycles.